The molecule has 3 aromatic rings. The van der Waals surface area contributed by atoms with Crippen LogP contribution >= 0.6 is 0 Å². The first-order chi connectivity index (χ1) is 14.2. The lowest BCUT2D eigenvalue weighted by molar-refractivity contribution is 0.0779. The SMILES string of the molecule is COc1ccc(OCCNc2ccnc(C(=O)N(C)Cc3ccccc3)c2)cc1. The second kappa shape index (κ2) is 10.1. The molecule has 0 saturated carbocycles. The van der Waals surface area contributed by atoms with Crippen LogP contribution in [0.15, 0.2) is 72.9 Å². The van der Waals surface area contributed by atoms with Crippen molar-refractivity contribution in [2.45, 2.75) is 6.54 Å². The molecule has 0 bridgehead atoms. The Morgan fingerprint density at radius 2 is 1.76 bits per heavy atom. The summed E-state index contributed by atoms with van der Waals surface area (Å²) in [5.41, 5.74) is 2.31. The zero-order valence-electron chi connectivity index (χ0n) is 16.7. The highest BCUT2D eigenvalue weighted by molar-refractivity contribution is 5.92. The van der Waals surface area contributed by atoms with Crippen molar-refractivity contribution in [1.82, 2.24) is 9.88 Å². The van der Waals surface area contributed by atoms with Crippen LogP contribution in [0.1, 0.15) is 16.1 Å². The number of rotatable bonds is 9. The van der Waals surface area contributed by atoms with Gasteiger partial charge < -0.3 is 19.7 Å². The number of carbonyl (C=O) groups is 1. The van der Waals surface area contributed by atoms with Gasteiger partial charge >= 0.3 is 0 Å². The van der Waals surface area contributed by atoms with E-state index in [1.54, 1.807) is 31.3 Å². The number of aromatic nitrogens is 1. The Kier molecular flexibility index (Phi) is 7.05. The molecule has 0 saturated heterocycles. The summed E-state index contributed by atoms with van der Waals surface area (Å²) in [7, 11) is 3.41. The van der Waals surface area contributed by atoms with Crippen molar-refractivity contribution in [3.8, 4) is 11.5 Å². The number of hydrogen-bond donors (Lipinski definition) is 1. The summed E-state index contributed by atoms with van der Waals surface area (Å²) >= 11 is 0. The molecule has 29 heavy (non-hydrogen) atoms. The van der Waals surface area contributed by atoms with Crippen LogP contribution in [0.5, 0.6) is 11.5 Å². The van der Waals surface area contributed by atoms with Crippen LogP contribution < -0.4 is 14.8 Å². The Morgan fingerprint density at radius 3 is 2.48 bits per heavy atom. The predicted octanol–water partition coefficient (Wildman–Crippen LogP) is 3.85. The summed E-state index contributed by atoms with van der Waals surface area (Å²) < 4.78 is 10.8. The zero-order valence-corrected chi connectivity index (χ0v) is 16.7. The Labute approximate surface area is 171 Å². The minimum absolute atomic E-state index is 0.119. The fraction of sp³-hybridized carbons (Fsp3) is 0.217. The molecular formula is C23H25N3O3. The smallest absolute Gasteiger partial charge is 0.272 e. The van der Waals surface area contributed by atoms with E-state index in [1.165, 1.54) is 0 Å². The monoisotopic (exact) mass is 391 g/mol. The molecule has 0 atom stereocenters. The fourth-order valence-electron chi connectivity index (χ4n) is 2.82. The molecule has 2 aromatic carbocycles. The zero-order chi connectivity index (χ0) is 20.5. The largest absolute Gasteiger partial charge is 0.497 e. The van der Waals surface area contributed by atoms with E-state index in [0.717, 1.165) is 22.7 Å². The molecule has 0 aliphatic rings. The molecule has 1 amide bonds. The number of ether oxygens (including phenoxy) is 2. The average Bonchev–Trinajstić information content (AvgIpc) is 2.77. The van der Waals surface area contributed by atoms with Gasteiger partial charge in [-0.2, -0.15) is 0 Å². The van der Waals surface area contributed by atoms with E-state index in [0.29, 0.717) is 25.4 Å². The summed E-state index contributed by atoms with van der Waals surface area (Å²) in [5.74, 6) is 1.45. The first kappa shape index (κ1) is 20.2. The average molecular weight is 391 g/mol. The maximum atomic E-state index is 12.7. The van der Waals surface area contributed by atoms with Gasteiger partial charge in [0.1, 0.15) is 23.8 Å². The molecule has 0 spiro atoms. The Balaban J connectivity index is 1.50. The predicted molar refractivity (Wildman–Crippen MR) is 113 cm³/mol. The number of hydrogen-bond acceptors (Lipinski definition) is 5. The fourth-order valence-corrected chi connectivity index (χ4v) is 2.82. The number of carbonyl (C=O) groups excluding carboxylic acids is 1. The lowest BCUT2D eigenvalue weighted by Gasteiger charge is -2.17. The summed E-state index contributed by atoms with van der Waals surface area (Å²) in [5, 5.41) is 3.26. The van der Waals surface area contributed by atoms with Crippen molar-refractivity contribution >= 4 is 11.6 Å². The van der Waals surface area contributed by atoms with Crippen LogP contribution in [0.4, 0.5) is 5.69 Å². The van der Waals surface area contributed by atoms with Crippen LogP contribution in [0.2, 0.25) is 0 Å². The van der Waals surface area contributed by atoms with Gasteiger partial charge in [0.25, 0.3) is 5.91 Å². The molecule has 0 radical (unpaired) electrons. The van der Waals surface area contributed by atoms with Gasteiger partial charge in [0.15, 0.2) is 0 Å². The molecule has 1 aromatic heterocycles. The summed E-state index contributed by atoms with van der Waals surface area (Å²) in [6, 6.07) is 20.9. The third kappa shape index (κ3) is 5.97. The lowest BCUT2D eigenvalue weighted by atomic mass is 10.2. The van der Waals surface area contributed by atoms with Gasteiger partial charge in [-0.1, -0.05) is 30.3 Å². The first-order valence-electron chi connectivity index (χ1n) is 9.42. The minimum atomic E-state index is -0.119. The highest BCUT2D eigenvalue weighted by Gasteiger charge is 2.14. The number of amides is 1. The molecular weight excluding hydrogens is 366 g/mol. The normalized spacial score (nSPS) is 10.3. The first-order valence-corrected chi connectivity index (χ1v) is 9.42. The summed E-state index contributed by atoms with van der Waals surface area (Å²) in [6.45, 7) is 1.63. The highest BCUT2D eigenvalue weighted by atomic mass is 16.5. The highest BCUT2D eigenvalue weighted by Crippen LogP contribution is 2.17. The number of nitrogens with one attached hydrogen (secondary N) is 1. The standard InChI is InChI=1S/C23H25N3O3/c1-26(17-18-6-4-3-5-7-18)23(27)22-16-19(12-13-25-22)24-14-15-29-21-10-8-20(28-2)9-11-21/h3-13,16H,14-15,17H2,1-2H3,(H,24,25). The van der Waals surface area contributed by atoms with Crippen molar-refractivity contribution in [3.05, 3.63) is 84.2 Å². The second-order valence-corrected chi connectivity index (χ2v) is 6.53. The molecule has 3 rings (SSSR count). The topological polar surface area (TPSA) is 63.7 Å². The number of nitrogens with zero attached hydrogens (tertiary/aromatic N) is 2. The van der Waals surface area contributed by atoms with Gasteiger partial charge in [0, 0.05) is 32.0 Å². The second-order valence-electron chi connectivity index (χ2n) is 6.53. The number of methoxy groups -OCH3 is 1. The van der Waals surface area contributed by atoms with Crippen LogP contribution in [0.25, 0.3) is 0 Å². The summed E-state index contributed by atoms with van der Waals surface area (Å²) in [4.78, 5) is 18.6. The van der Waals surface area contributed by atoms with Gasteiger partial charge in [-0.05, 0) is 42.0 Å². The van der Waals surface area contributed by atoms with Crippen molar-refractivity contribution in [1.29, 1.82) is 0 Å². The number of anilines is 1. The van der Waals surface area contributed by atoms with Crippen molar-refractivity contribution in [2.75, 3.05) is 32.6 Å². The minimum Gasteiger partial charge on any atom is -0.497 e. The Morgan fingerprint density at radius 1 is 1.03 bits per heavy atom. The number of pyridine rings is 1. The van der Waals surface area contributed by atoms with Gasteiger partial charge in [-0.3, -0.25) is 9.78 Å². The van der Waals surface area contributed by atoms with E-state index >= 15 is 0 Å². The number of benzene rings is 2. The molecule has 6 heteroatoms. The van der Waals surface area contributed by atoms with Crippen molar-refractivity contribution in [2.24, 2.45) is 0 Å². The quantitative estimate of drug-likeness (QED) is 0.561. The van der Waals surface area contributed by atoms with Crippen molar-refractivity contribution in [3.63, 3.8) is 0 Å². The van der Waals surface area contributed by atoms with Crippen LogP contribution in [0.3, 0.4) is 0 Å². The molecule has 0 fully saturated rings. The maximum absolute atomic E-state index is 12.7. The van der Waals surface area contributed by atoms with E-state index in [9.17, 15) is 4.79 Å². The molecule has 1 N–H and O–H groups in total. The van der Waals surface area contributed by atoms with E-state index in [1.807, 2.05) is 60.7 Å². The lowest BCUT2D eigenvalue weighted by Crippen LogP contribution is -2.27. The Bertz CT molecular complexity index is 914. The molecule has 0 aliphatic carbocycles. The van der Waals surface area contributed by atoms with Gasteiger partial charge in [0.05, 0.1) is 7.11 Å². The summed E-state index contributed by atoms with van der Waals surface area (Å²) in [6.07, 6.45) is 1.64. The van der Waals surface area contributed by atoms with E-state index < -0.39 is 0 Å². The molecule has 6 nitrogen and oxygen atoms in total. The van der Waals surface area contributed by atoms with Gasteiger partial charge in [0.2, 0.25) is 0 Å². The Hall–Kier alpha value is -3.54. The van der Waals surface area contributed by atoms with Gasteiger partial charge in [-0.25, -0.2) is 0 Å². The van der Waals surface area contributed by atoms with Crippen molar-refractivity contribution < 1.29 is 14.3 Å². The van der Waals surface area contributed by atoms with Crippen LogP contribution in [0, 0.1) is 0 Å². The van der Waals surface area contributed by atoms with E-state index in [4.69, 9.17) is 9.47 Å². The molecule has 150 valence electrons. The van der Waals surface area contributed by atoms with Crippen LogP contribution in [-0.2, 0) is 6.54 Å². The molecule has 0 unspecified atom stereocenters. The maximum Gasteiger partial charge on any atom is 0.272 e. The molecule has 1 heterocycles. The third-order valence-electron chi connectivity index (χ3n) is 4.35. The molecule has 0 aliphatic heterocycles. The van der Waals surface area contributed by atoms with Crippen LogP contribution in [-0.4, -0.2) is 43.1 Å². The third-order valence-corrected chi connectivity index (χ3v) is 4.35. The van der Waals surface area contributed by atoms with E-state index in [2.05, 4.69) is 10.3 Å². The van der Waals surface area contributed by atoms with Gasteiger partial charge in [-0.15, -0.1) is 0 Å². The van der Waals surface area contributed by atoms with E-state index in [-0.39, 0.29) is 5.91 Å².